The first-order valence-corrected chi connectivity index (χ1v) is 10.6. The Morgan fingerprint density at radius 2 is 2.08 bits per heavy atom. The van der Waals surface area contributed by atoms with Gasteiger partial charge in [0.1, 0.15) is 0 Å². The molecule has 0 bridgehead atoms. The third-order valence-corrected chi connectivity index (χ3v) is 5.46. The lowest BCUT2D eigenvalue weighted by atomic mass is 10.1. The molecule has 0 saturated carbocycles. The quantitative estimate of drug-likeness (QED) is 0.468. The summed E-state index contributed by atoms with van der Waals surface area (Å²) < 4.78 is 7.05. The van der Waals surface area contributed by atoms with Crippen molar-refractivity contribution in [3.8, 4) is 17.1 Å². The van der Waals surface area contributed by atoms with Crippen molar-refractivity contribution in [3.05, 3.63) is 22.7 Å². The summed E-state index contributed by atoms with van der Waals surface area (Å²) in [7, 11) is 0. The fraction of sp³-hybridized carbons (Fsp3) is 0.500. The van der Waals surface area contributed by atoms with Crippen molar-refractivity contribution in [1.82, 2.24) is 15.2 Å². The van der Waals surface area contributed by atoms with Crippen LogP contribution in [0.5, 0.6) is 5.88 Å². The van der Waals surface area contributed by atoms with E-state index in [1.807, 2.05) is 18.2 Å². The molecule has 0 spiro atoms. The Balaban J connectivity index is 1.83. The first-order valence-electron chi connectivity index (χ1n) is 8.82. The lowest BCUT2D eigenvalue weighted by Crippen LogP contribution is -2.24. The molecule has 1 aromatic carbocycles. The smallest absolute Gasteiger partial charge is 0.247 e. The third-order valence-electron chi connectivity index (χ3n) is 4.04. The van der Waals surface area contributed by atoms with E-state index in [0.717, 1.165) is 27.9 Å². The predicted molar refractivity (Wildman–Crippen MR) is 106 cm³/mol. The maximum Gasteiger partial charge on any atom is 0.247 e. The molecule has 2 aromatic rings. The van der Waals surface area contributed by atoms with Gasteiger partial charge >= 0.3 is 0 Å². The standard InChI is InChI=1S/C18H23BrN4OS/c1-3-5-6-7-10-25-18-21-17-16(22-23-18)13-11-12(19)8-9-14(13)20-15(4-2)24-17/h8-9,11,15,20H,3-7,10H2,1-2H3. The van der Waals surface area contributed by atoms with Crippen molar-refractivity contribution in [2.45, 2.75) is 57.3 Å². The number of benzene rings is 1. The van der Waals surface area contributed by atoms with Crippen LogP contribution in [0.2, 0.25) is 0 Å². The Morgan fingerprint density at radius 3 is 2.88 bits per heavy atom. The minimum absolute atomic E-state index is 0.125. The van der Waals surface area contributed by atoms with E-state index in [1.54, 1.807) is 11.8 Å². The van der Waals surface area contributed by atoms with Gasteiger partial charge in [-0.1, -0.05) is 60.8 Å². The van der Waals surface area contributed by atoms with Crippen LogP contribution in [0.3, 0.4) is 0 Å². The molecular formula is C18H23BrN4OS. The van der Waals surface area contributed by atoms with E-state index in [2.05, 4.69) is 50.3 Å². The maximum atomic E-state index is 6.06. The number of fused-ring (bicyclic) bond motifs is 3. The Labute approximate surface area is 161 Å². The topological polar surface area (TPSA) is 59.9 Å². The van der Waals surface area contributed by atoms with Crippen LogP contribution >= 0.6 is 27.7 Å². The molecule has 0 amide bonds. The fourth-order valence-electron chi connectivity index (χ4n) is 2.66. The van der Waals surface area contributed by atoms with Crippen molar-refractivity contribution in [2.75, 3.05) is 11.1 Å². The highest BCUT2D eigenvalue weighted by molar-refractivity contribution is 9.10. The van der Waals surface area contributed by atoms with Crippen LogP contribution in [0.4, 0.5) is 5.69 Å². The molecule has 1 aromatic heterocycles. The molecule has 134 valence electrons. The maximum absolute atomic E-state index is 6.06. The van der Waals surface area contributed by atoms with Gasteiger partial charge in [-0.25, -0.2) is 0 Å². The number of aromatic nitrogens is 3. The highest BCUT2D eigenvalue weighted by Gasteiger charge is 2.24. The molecule has 7 heteroatoms. The Morgan fingerprint density at radius 1 is 1.20 bits per heavy atom. The van der Waals surface area contributed by atoms with Crippen LogP contribution in [0.15, 0.2) is 27.8 Å². The summed E-state index contributed by atoms with van der Waals surface area (Å²) >= 11 is 5.18. The summed E-state index contributed by atoms with van der Waals surface area (Å²) in [5.41, 5.74) is 2.64. The number of halogens is 1. The largest absolute Gasteiger partial charge is 0.452 e. The van der Waals surface area contributed by atoms with E-state index in [1.165, 1.54) is 25.7 Å². The molecule has 1 atom stereocenters. The van der Waals surface area contributed by atoms with Gasteiger partial charge in [-0.3, -0.25) is 0 Å². The molecule has 2 heterocycles. The average molecular weight is 423 g/mol. The number of hydrogen-bond acceptors (Lipinski definition) is 6. The van der Waals surface area contributed by atoms with Crippen LogP contribution < -0.4 is 10.1 Å². The molecule has 1 N–H and O–H groups in total. The van der Waals surface area contributed by atoms with Gasteiger partial charge in [0.15, 0.2) is 11.9 Å². The van der Waals surface area contributed by atoms with Gasteiger partial charge in [0.25, 0.3) is 0 Å². The minimum atomic E-state index is -0.125. The van der Waals surface area contributed by atoms with Crippen molar-refractivity contribution < 1.29 is 4.74 Å². The Hall–Kier alpha value is -1.34. The Kier molecular flexibility index (Phi) is 6.53. The monoisotopic (exact) mass is 422 g/mol. The highest BCUT2D eigenvalue weighted by atomic mass is 79.9. The molecule has 0 saturated heterocycles. The molecular weight excluding hydrogens is 400 g/mol. The van der Waals surface area contributed by atoms with E-state index in [0.29, 0.717) is 16.7 Å². The third kappa shape index (κ3) is 4.64. The summed E-state index contributed by atoms with van der Waals surface area (Å²) in [5, 5.41) is 12.8. The van der Waals surface area contributed by atoms with E-state index < -0.39 is 0 Å². The number of nitrogens with zero attached hydrogens (tertiary/aromatic N) is 3. The molecule has 3 rings (SSSR count). The normalized spacial score (nSPS) is 15.6. The van der Waals surface area contributed by atoms with Crippen LogP contribution in [0, 0.1) is 0 Å². The second-order valence-corrected chi connectivity index (χ2v) is 7.98. The van der Waals surface area contributed by atoms with Crippen LogP contribution in [-0.4, -0.2) is 27.2 Å². The number of ether oxygens (including phenoxy) is 1. The van der Waals surface area contributed by atoms with Gasteiger partial charge in [-0.2, -0.15) is 4.98 Å². The zero-order valence-corrected chi connectivity index (χ0v) is 17.0. The fourth-order valence-corrected chi connectivity index (χ4v) is 3.80. The van der Waals surface area contributed by atoms with Crippen LogP contribution in [0.1, 0.15) is 46.0 Å². The zero-order valence-electron chi connectivity index (χ0n) is 14.6. The van der Waals surface area contributed by atoms with Gasteiger partial charge in [0, 0.05) is 27.9 Å². The molecule has 1 unspecified atom stereocenters. The number of thioether (sulfide) groups is 1. The second-order valence-electron chi connectivity index (χ2n) is 6.01. The van der Waals surface area contributed by atoms with E-state index in [-0.39, 0.29) is 6.23 Å². The molecule has 1 aliphatic rings. The summed E-state index contributed by atoms with van der Waals surface area (Å²) in [4.78, 5) is 4.63. The van der Waals surface area contributed by atoms with E-state index in [9.17, 15) is 0 Å². The summed E-state index contributed by atoms with van der Waals surface area (Å²) in [6.07, 6.45) is 5.66. The van der Waals surface area contributed by atoms with Crippen molar-refractivity contribution >= 4 is 33.4 Å². The SMILES string of the molecule is CCCCCCSc1nnc2c(n1)OC(CC)Nc1ccc(Br)cc1-2. The number of anilines is 1. The van der Waals surface area contributed by atoms with Crippen molar-refractivity contribution in [2.24, 2.45) is 0 Å². The summed E-state index contributed by atoms with van der Waals surface area (Å²) in [6.45, 7) is 4.30. The minimum Gasteiger partial charge on any atom is -0.452 e. The highest BCUT2D eigenvalue weighted by Crippen LogP contribution is 2.38. The van der Waals surface area contributed by atoms with Crippen molar-refractivity contribution in [3.63, 3.8) is 0 Å². The number of unbranched alkanes of at least 4 members (excludes halogenated alkanes) is 3. The molecule has 0 aliphatic carbocycles. The zero-order chi connectivity index (χ0) is 17.6. The molecule has 1 aliphatic heterocycles. The number of hydrogen-bond donors (Lipinski definition) is 1. The second kappa shape index (κ2) is 8.85. The van der Waals surface area contributed by atoms with Gasteiger partial charge in [-0.05, 0) is 24.6 Å². The van der Waals surface area contributed by atoms with Crippen LogP contribution in [-0.2, 0) is 0 Å². The van der Waals surface area contributed by atoms with Gasteiger partial charge in [-0.15, -0.1) is 10.2 Å². The van der Waals surface area contributed by atoms with Gasteiger partial charge in [0.05, 0.1) is 0 Å². The van der Waals surface area contributed by atoms with Crippen LogP contribution in [0.25, 0.3) is 11.3 Å². The van der Waals surface area contributed by atoms with Gasteiger partial charge < -0.3 is 10.1 Å². The molecule has 0 radical (unpaired) electrons. The first kappa shape index (κ1) is 18.5. The van der Waals surface area contributed by atoms with E-state index >= 15 is 0 Å². The lowest BCUT2D eigenvalue weighted by molar-refractivity contribution is 0.216. The molecule has 0 fully saturated rings. The average Bonchev–Trinajstić information content (AvgIpc) is 2.77. The first-order chi connectivity index (χ1) is 12.2. The van der Waals surface area contributed by atoms with Gasteiger partial charge in [0.2, 0.25) is 11.0 Å². The summed E-state index contributed by atoms with van der Waals surface area (Å²) in [6, 6.07) is 6.06. The molecule has 25 heavy (non-hydrogen) atoms. The summed E-state index contributed by atoms with van der Waals surface area (Å²) in [5.74, 6) is 1.57. The molecule has 5 nitrogen and oxygen atoms in total. The van der Waals surface area contributed by atoms with Crippen molar-refractivity contribution in [1.29, 1.82) is 0 Å². The van der Waals surface area contributed by atoms with E-state index in [4.69, 9.17) is 4.74 Å². The Bertz CT molecular complexity index is 728. The lowest BCUT2D eigenvalue weighted by Gasteiger charge is -2.16. The number of rotatable bonds is 7. The predicted octanol–water partition coefficient (Wildman–Crippen LogP) is 5.51. The number of nitrogens with one attached hydrogen (secondary N) is 1.